The topological polar surface area (TPSA) is 99.8 Å². The summed E-state index contributed by atoms with van der Waals surface area (Å²) in [6, 6.07) is 7.78. The SMILES string of the molecule is COC(=O)c1cc(C)nc(N2C3C[C@H](OCc4c(-c5ccccc5OC(F)(F)F)noc4C4CC4)CC2[C@H](C)C3)n1. The van der Waals surface area contributed by atoms with Gasteiger partial charge in [-0.1, -0.05) is 24.2 Å². The molecule has 0 amide bonds. The van der Waals surface area contributed by atoms with Crippen molar-refractivity contribution in [3.63, 3.8) is 0 Å². The molecule has 2 aromatic heterocycles. The average molecular weight is 573 g/mol. The number of hydrogen-bond acceptors (Lipinski definition) is 9. The van der Waals surface area contributed by atoms with E-state index < -0.39 is 12.3 Å². The Kier molecular flexibility index (Phi) is 7.13. The first-order valence-corrected chi connectivity index (χ1v) is 13.8. The number of anilines is 1. The molecule has 2 bridgehead atoms. The predicted octanol–water partition coefficient (Wildman–Crippen LogP) is 5.97. The van der Waals surface area contributed by atoms with Crippen molar-refractivity contribution in [2.75, 3.05) is 12.0 Å². The van der Waals surface area contributed by atoms with E-state index in [1.165, 1.54) is 19.2 Å². The normalized spacial score (nSPS) is 24.0. The van der Waals surface area contributed by atoms with Gasteiger partial charge in [0, 0.05) is 34.8 Å². The maximum Gasteiger partial charge on any atom is 0.573 e. The number of carbonyl (C=O) groups is 1. The molecule has 41 heavy (non-hydrogen) atoms. The maximum atomic E-state index is 13.1. The van der Waals surface area contributed by atoms with Crippen molar-refractivity contribution in [2.24, 2.45) is 5.92 Å². The molecular formula is C29H31F3N4O5. The second kappa shape index (κ2) is 10.6. The minimum absolute atomic E-state index is 0.0902. The number of carbonyl (C=O) groups excluding carboxylic acids is 1. The number of para-hydroxylation sites is 1. The lowest BCUT2D eigenvalue weighted by Gasteiger charge is -2.39. The number of fused-ring (bicyclic) bond motifs is 2. The first kappa shape index (κ1) is 27.5. The number of esters is 1. The van der Waals surface area contributed by atoms with Crippen LogP contribution in [0.4, 0.5) is 19.1 Å². The zero-order valence-corrected chi connectivity index (χ0v) is 23.0. The standard InChI is InChI=1S/C29H31F3N4O5/c1-15-10-18-12-19(13-23(15)36(18)28-33-16(2)11-22(34-28)27(37)38-3)39-14-21-25(35-41-26(21)17-8-9-17)20-6-4-5-7-24(20)40-29(30,31)32/h4-7,11,15,17-19,23H,8-10,12-14H2,1-3H3/t15-,18?,19+,23?/m1/s1. The second-order valence-corrected chi connectivity index (χ2v) is 11.1. The summed E-state index contributed by atoms with van der Waals surface area (Å²) in [6.07, 6.45) is -0.678. The second-order valence-electron chi connectivity index (χ2n) is 11.1. The number of alkyl halides is 3. The molecule has 9 nitrogen and oxygen atoms in total. The van der Waals surface area contributed by atoms with Crippen LogP contribution in [0.3, 0.4) is 0 Å². The molecule has 1 aromatic carbocycles. The highest BCUT2D eigenvalue weighted by Gasteiger charge is 2.47. The van der Waals surface area contributed by atoms with Gasteiger partial charge >= 0.3 is 12.3 Å². The summed E-state index contributed by atoms with van der Waals surface area (Å²) in [4.78, 5) is 23.5. The number of aromatic nitrogens is 3. The molecule has 3 aromatic rings. The third-order valence-electron chi connectivity index (χ3n) is 8.16. The van der Waals surface area contributed by atoms with Crippen molar-refractivity contribution in [1.82, 2.24) is 15.1 Å². The van der Waals surface area contributed by atoms with Crippen molar-refractivity contribution in [1.29, 1.82) is 0 Å². The average Bonchev–Trinajstić information content (AvgIpc) is 3.65. The smallest absolute Gasteiger partial charge is 0.464 e. The van der Waals surface area contributed by atoms with E-state index >= 15 is 0 Å². The summed E-state index contributed by atoms with van der Waals surface area (Å²) in [7, 11) is 1.32. The molecule has 218 valence electrons. The fraction of sp³-hybridized carbons (Fsp3) is 0.517. The van der Waals surface area contributed by atoms with Crippen LogP contribution >= 0.6 is 0 Å². The minimum atomic E-state index is -4.83. The molecule has 0 spiro atoms. The Balaban J connectivity index is 1.22. The van der Waals surface area contributed by atoms with E-state index in [0.29, 0.717) is 34.6 Å². The highest BCUT2D eigenvalue weighted by molar-refractivity contribution is 5.87. The van der Waals surface area contributed by atoms with E-state index in [1.54, 1.807) is 18.2 Å². The lowest BCUT2D eigenvalue weighted by atomic mass is 9.97. The number of hydrogen-bond donors (Lipinski definition) is 0. The molecule has 4 atom stereocenters. The number of piperidine rings is 1. The van der Waals surface area contributed by atoms with Crippen LogP contribution in [0.5, 0.6) is 5.75 Å². The summed E-state index contributed by atoms with van der Waals surface area (Å²) in [5.41, 5.74) is 2.09. The van der Waals surface area contributed by atoms with Gasteiger partial charge in [0.2, 0.25) is 5.95 Å². The van der Waals surface area contributed by atoms with Crippen LogP contribution in [0.2, 0.25) is 0 Å². The van der Waals surface area contributed by atoms with Crippen molar-refractivity contribution in [3.8, 4) is 17.0 Å². The highest BCUT2D eigenvalue weighted by Crippen LogP contribution is 2.47. The maximum absolute atomic E-state index is 13.1. The van der Waals surface area contributed by atoms with Crippen LogP contribution in [0, 0.1) is 12.8 Å². The number of halogens is 3. The van der Waals surface area contributed by atoms with Crippen LogP contribution in [-0.2, 0) is 16.1 Å². The van der Waals surface area contributed by atoms with Gasteiger partial charge in [-0.3, -0.25) is 0 Å². The van der Waals surface area contributed by atoms with E-state index in [4.69, 9.17) is 14.0 Å². The first-order valence-electron chi connectivity index (χ1n) is 13.8. The number of nitrogens with zero attached hydrogens (tertiary/aromatic N) is 4. The van der Waals surface area contributed by atoms with Gasteiger partial charge in [0.25, 0.3) is 0 Å². The molecule has 2 saturated heterocycles. The fourth-order valence-corrected chi connectivity index (χ4v) is 6.21. The Morgan fingerprint density at radius 2 is 1.93 bits per heavy atom. The Bertz CT molecular complexity index is 1440. The number of methoxy groups -OCH3 is 1. The number of rotatable bonds is 8. The van der Waals surface area contributed by atoms with Crippen molar-refractivity contribution >= 4 is 11.9 Å². The van der Waals surface area contributed by atoms with Gasteiger partial charge in [-0.2, -0.15) is 0 Å². The summed E-state index contributed by atoms with van der Waals surface area (Å²) in [6.45, 7) is 4.18. The summed E-state index contributed by atoms with van der Waals surface area (Å²) < 4.78 is 60.6. The van der Waals surface area contributed by atoms with Crippen LogP contribution in [-0.4, -0.2) is 52.8 Å². The largest absolute Gasteiger partial charge is 0.573 e. The van der Waals surface area contributed by atoms with Gasteiger partial charge in [0.05, 0.1) is 19.8 Å². The van der Waals surface area contributed by atoms with Crippen molar-refractivity contribution in [3.05, 3.63) is 53.0 Å². The van der Waals surface area contributed by atoms with Crippen LogP contribution in [0.15, 0.2) is 34.9 Å². The molecule has 0 radical (unpaired) electrons. The van der Waals surface area contributed by atoms with Crippen molar-refractivity contribution in [2.45, 2.75) is 83.0 Å². The lowest BCUT2D eigenvalue weighted by molar-refractivity contribution is -0.274. The van der Waals surface area contributed by atoms with Gasteiger partial charge < -0.3 is 23.6 Å². The van der Waals surface area contributed by atoms with E-state index in [9.17, 15) is 18.0 Å². The van der Waals surface area contributed by atoms with Gasteiger partial charge in [-0.25, -0.2) is 14.8 Å². The number of ether oxygens (including phenoxy) is 3. The Hall–Kier alpha value is -3.67. The van der Waals surface area contributed by atoms with E-state index in [0.717, 1.165) is 32.1 Å². The number of benzene rings is 1. The van der Waals surface area contributed by atoms with Gasteiger partial charge in [-0.15, -0.1) is 13.2 Å². The molecule has 1 aliphatic carbocycles. The quantitative estimate of drug-likeness (QED) is 0.303. The Morgan fingerprint density at radius 1 is 1.15 bits per heavy atom. The Labute approximate surface area is 235 Å². The molecule has 2 aliphatic heterocycles. The first-order chi connectivity index (χ1) is 19.6. The molecule has 1 saturated carbocycles. The number of aryl methyl sites for hydroxylation is 1. The molecule has 2 unspecified atom stereocenters. The highest BCUT2D eigenvalue weighted by atomic mass is 19.4. The van der Waals surface area contributed by atoms with Gasteiger partial charge in [0.1, 0.15) is 17.2 Å². The lowest BCUT2D eigenvalue weighted by Crippen LogP contribution is -2.47. The minimum Gasteiger partial charge on any atom is -0.464 e. The van der Waals surface area contributed by atoms with Gasteiger partial charge in [0.15, 0.2) is 5.69 Å². The third kappa shape index (κ3) is 5.61. The van der Waals surface area contributed by atoms with Crippen molar-refractivity contribution < 1.29 is 36.7 Å². The molecule has 0 N–H and O–H groups in total. The molecule has 3 fully saturated rings. The molecule has 3 aliphatic rings. The Morgan fingerprint density at radius 3 is 2.63 bits per heavy atom. The zero-order chi connectivity index (χ0) is 28.9. The summed E-state index contributed by atoms with van der Waals surface area (Å²) in [5, 5.41) is 4.18. The molecule has 4 heterocycles. The summed E-state index contributed by atoms with van der Waals surface area (Å²) >= 11 is 0. The fourth-order valence-electron chi connectivity index (χ4n) is 6.21. The van der Waals surface area contributed by atoms with Crippen LogP contribution in [0.25, 0.3) is 11.3 Å². The summed E-state index contributed by atoms with van der Waals surface area (Å²) in [5.74, 6) is 0.890. The third-order valence-corrected chi connectivity index (χ3v) is 8.16. The van der Waals surface area contributed by atoms with E-state index in [2.05, 4.69) is 31.7 Å². The molecule has 12 heteroatoms. The zero-order valence-electron chi connectivity index (χ0n) is 23.0. The van der Waals surface area contributed by atoms with E-state index in [1.807, 2.05) is 6.92 Å². The van der Waals surface area contributed by atoms with E-state index in [-0.39, 0.29) is 47.7 Å². The predicted molar refractivity (Wildman–Crippen MR) is 140 cm³/mol. The van der Waals surface area contributed by atoms with Crippen LogP contribution < -0.4 is 9.64 Å². The molecular weight excluding hydrogens is 541 g/mol. The monoisotopic (exact) mass is 572 g/mol. The van der Waals surface area contributed by atoms with Gasteiger partial charge in [-0.05, 0) is 63.1 Å². The molecule has 6 rings (SSSR count). The van der Waals surface area contributed by atoms with Crippen LogP contribution in [0.1, 0.15) is 72.5 Å².